The fourth-order valence-electron chi connectivity index (χ4n) is 2.68. The highest BCUT2D eigenvalue weighted by molar-refractivity contribution is 9.10. The van der Waals surface area contributed by atoms with Crippen LogP contribution in [0.5, 0.6) is 5.75 Å². The lowest BCUT2D eigenvalue weighted by molar-refractivity contribution is 0.301. The van der Waals surface area contributed by atoms with E-state index < -0.39 is 0 Å². The van der Waals surface area contributed by atoms with E-state index in [1.54, 1.807) is 18.2 Å². The van der Waals surface area contributed by atoms with Crippen LogP contribution in [0, 0.1) is 6.92 Å². The molecule has 0 unspecified atom stereocenters. The Morgan fingerprint density at radius 1 is 1.15 bits per heavy atom. The number of anilines is 2. The Kier molecular flexibility index (Phi) is 7.15. The summed E-state index contributed by atoms with van der Waals surface area (Å²) in [6.07, 6.45) is 1.49. The van der Waals surface area contributed by atoms with Crippen molar-refractivity contribution in [1.82, 2.24) is 25.3 Å². The molecule has 0 radical (unpaired) electrons. The van der Waals surface area contributed by atoms with Gasteiger partial charge in [0.1, 0.15) is 17.1 Å². The zero-order valence-electron chi connectivity index (χ0n) is 17.7. The number of halogens is 1. The maximum absolute atomic E-state index is 9.99. The maximum atomic E-state index is 9.99. The number of phenols is 1. The van der Waals surface area contributed by atoms with Crippen molar-refractivity contribution >= 4 is 45.8 Å². The summed E-state index contributed by atoms with van der Waals surface area (Å²) < 4.78 is 5.61. The van der Waals surface area contributed by atoms with Gasteiger partial charge in [-0.05, 0) is 49.0 Å². The van der Waals surface area contributed by atoms with Gasteiger partial charge in [-0.3, -0.25) is 0 Å². The number of hydrazone groups is 1. The second-order valence-corrected chi connectivity index (χ2v) is 8.84. The molecule has 0 bridgehead atoms. The van der Waals surface area contributed by atoms with Gasteiger partial charge >= 0.3 is 0 Å². The number of phenolic OH excluding ortho intramolecular Hbond substituents is 1. The van der Waals surface area contributed by atoms with E-state index in [1.165, 1.54) is 18.0 Å². The third kappa shape index (κ3) is 6.05. The Bertz CT molecular complexity index is 1270. The lowest BCUT2D eigenvalue weighted by Crippen LogP contribution is -2.21. The molecule has 0 aliphatic rings. The Hall–Kier alpha value is -3.51. The van der Waals surface area contributed by atoms with Crippen molar-refractivity contribution in [2.75, 3.05) is 17.4 Å². The monoisotopic (exact) mass is 526 g/mol. The van der Waals surface area contributed by atoms with Gasteiger partial charge in [0.05, 0.1) is 12.8 Å². The topological polar surface area (TPSA) is 125 Å². The van der Waals surface area contributed by atoms with E-state index in [1.807, 2.05) is 49.2 Å². The number of nitrogens with zero attached hydrogens (tertiary/aromatic N) is 7. The Morgan fingerprint density at radius 3 is 2.73 bits per heavy atom. The first-order chi connectivity index (χ1) is 16.0. The fourth-order valence-corrected chi connectivity index (χ4v) is 3.83. The van der Waals surface area contributed by atoms with Crippen molar-refractivity contribution in [3.05, 3.63) is 70.0 Å². The summed E-state index contributed by atoms with van der Waals surface area (Å²) in [6, 6.07) is 14.9. The van der Waals surface area contributed by atoms with Crippen LogP contribution in [0.15, 0.2) is 72.8 Å². The number of benzene rings is 2. The molecule has 0 saturated carbocycles. The summed E-state index contributed by atoms with van der Waals surface area (Å²) in [5.74, 6) is 0.789. The minimum absolute atomic E-state index is 0.108. The van der Waals surface area contributed by atoms with Gasteiger partial charge in [-0.25, -0.2) is 10.1 Å². The molecule has 0 aliphatic carbocycles. The summed E-state index contributed by atoms with van der Waals surface area (Å²) in [7, 11) is 1.84. The molecule has 33 heavy (non-hydrogen) atoms. The van der Waals surface area contributed by atoms with Crippen LogP contribution >= 0.6 is 27.7 Å². The molecule has 168 valence electrons. The quantitative estimate of drug-likeness (QED) is 0.254. The van der Waals surface area contributed by atoms with E-state index in [9.17, 15) is 5.11 Å². The van der Waals surface area contributed by atoms with Gasteiger partial charge in [0.2, 0.25) is 11.9 Å². The fraction of sp³-hybridized carbons (Fsp3) is 0.143. The second kappa shape index (κ2) is 10.4. The molecule has 0 spiro atoms. The smallest absolute Gasteiger partial charge is 0.249 e. The number of aryl methyl sites for hydroxylation is 1. The Morgan fingerprint density at radius 2 is 1.97 bits per heavy atom. The average molecular weight is 527 g/mol. The summed E-state index contributed by atoms with van der Waals surface area (Å²) in [6.45, 7) is 2.23. The van der Waals surface area contributed by atoms with Crippen LogP contribution in [0.3, 0.4) is 0 Å². The van der Waals surface area contributed by atoms with Gasteiger partial charge in [-0.1, -0.05) is 44.4 Å². The lowest BCUT2D eigenvalue weighted by Gasteiger charge is -2.16. The number of hydrogen-bond donors (Lipinski definition) is 2. The highest BCUT2D eigenvalue weighted by atomic mass is 79.9. The van der Waals surface area contributed by atoms with Crippen LogP contribution < -0.4 is 10.3 Å². The molecule has 4 rings (SSSR count). The van der Waals surface area contributed by atoms with Crippen molar-refractivity contribution in [3.63, 3.8) is 0 Å². The van der Waals surface area contributed by atoms with Crippen LogP contribution in [-0.2, 0) is 6.54 Å². The van der Waals surface area contributed by atoms with Gasteiger partial charge in [0, 0.05) is 22.0 Å². The van der Waals surface area contributed by atoms with Gasteiger partial charge in [0.15, 0.2) is 5.16 Å². The molecule has 12 heteroatoms. The van der Waals surface area contributed by atoms with Gasteiger partial charge in [-0.2, -0.15) is 20.1 Å². The molecule has 0 atom stereocenters. The number of hydrogen-bond acceptors (Lipinski definition) is 11. The number of aromatic nitrogens is 5. The summed E-state index contributed by atoms with van der Waals surface area (Å²) in [5, 5.41) is 22.4. The van der Waals surface area contributed by atoms with Gasteiger partial charge in [0.25, 0.3) is 0 Å². The molecule has 0 saturated heterocycles. The minimum atomic E-state index is 0.108. The van der Waals surface area contributed by atoms with E-state index in [-0.39, 0.29) is 11.7 Å². The zero-order chi connectivity index (χ0) is 23.2. The third-order valence-electron chi connectivity index (χ3n) is 4.39. The van der Waals surface area contributed by atoms with Crippen molar-refractivity contribution in [2.24, 2.45) is 5.10 Å². The maximum Gasteiger partial charge on any atom is 0.249 e. The number of aromatic hydroxyl groups is 1. The average Bonchev–Trinajstić information content (AvgIpc) is 3.21. The first-order valence-corrected chi connectivity index (χ1v) is 11.3. The van der Waals surface area contributed by atoms with Crippen LogP contribution in [0.1, 0.15) is 17.0 Å². The molecule has 0 aliphatic heterocycles. The first kappa shape index (κ1) is 22.7. The van der Waals surface area contributed by atoms with Crippen molar-refractivity contribution < 1.29 is 9.74 Å². The largest absolute Gasteiger partial charge is 0.507 e. The van der Waals surface area contributed by atoms with E-state index in [0.717, 1.165) is 9.37 Å². The Labute approximate surface area is 202 Å². The van der Waals surface area contributed by atoms with E-state index in [2.05, 4.69) is 51.7 Å². The SMILES string of the molecule is Cc1nonc1CN(C)c1nc(N/N=C/c2cc(Br)ccc2O)nc(Sc2ccccc2)n1. The van der Waals surface area contributed by atoms with Gasteiger partial charge < -0.3 is 10.0 Å². The third-order valence-corrected chi connectivity index (χ3v) is 5.75. The molecule has 2 aromatic heterocycles. The molecule has 0 fully saturated rings. The summed E-state index contributed by atoms with van der Waals surface area (Å²) in [4.78, 5) is 16.3. The molecule has 10 nitrogen and oxygen atoms in total. The highest BCUT2D eigenvalue weighted by Gasteiger charge is 2.15. The molecule has 0 amide bonds. The van der Waals surface area contributed by atoms with Crippen molar-refractivity contribution in [1.29, 1.82) is 0 Å². The first-order valence-electron chi connectivity index (χ1n) is 9.73. The van der Waals surface area contributed by atoms with Crippen LogP contribution in [-0.4, -0.2) is 43.6 Å². The minimum Gasteiger partial charge on any atom is -0.507 e. The highest BCUT2D eigenvalue weighted by Crippen LogP contribution is 2.26. The van der Waals surface area contributed by atoms with E-state index >= 15 is 0 Å². The molecular weight excluding hydrogens is 508 g/mol. The summed E-state index contributed by atoms with van der Waals surface area (Å²) in [5.41, 5.74) is 4.75. The molecule has 2 heterocycles. The van der Waals surface area contributed by atoms with Crippen molar-refractivity contribution in [2.45, 2.75) is 23.5 Å². The van der Waals surface area contributed by atoms with E-state index in [0.29, 0.717) is 34.6 Å². The predicted octanol–water partition coefficient (Wildman–Crippen LogP) is 4.26. The molecule has 4 aromatic rings. The molecule has 2 N–H and O–H groups in total. The van der Waals surface area contributed by atoms with Crippen molar-refractivity contribution in [3.8, 4) is 5.75 Å². The summed E-state index contributed by atoms with van der Waals surface area (Å²) >= 11 is 4.78. The van der Waals surface area contributed by atoms with Crippen LogP contribution in [0.4, 0.5) is 11.9 Å². The van der Waals surface area contributed by atoms with Crippen LogP contribution in [0.25, 0.3) is 0 Å². The number of nitrogens with one attached hydrogen (secondary N) is 1. The predicted molar refractivity (Wildman–Crippen MR) is 129 cm³/mol. The zero-order valence-corrected chi connectivity index (χ0v) is 20.1. The van der Waals surface area contributed by atoms with E-state index in [4.69, 9.17) is 4.63 Å². The second-order valence-electron chi connectivity index (χ2n) is 6.88. The Balaban J connectivity index is 1.59. The number of rotatable bonds is 8. The standard InChI is InChI=1S/C21H19BrN8O2S/c1-13-17(29-32-28-13)12-30(2)20-24-19(25-21(26-20)33-16-6-4-3-5-7-16)27-23-11-14-10-15(22)8-9-18(14)31/h3-11,31H,12H2,1-2H3,(H,24,25,26,27)/b23-11+. The molecular formula is C21H19BrN8O2S. The molecule has 2 aromatic carbocycles. The van der Waals surface area contributed by atoms with Gasteiger partial charge in [-0.15, -0.1) is 0 Å². The normalized spacial score (nSPS) is 11.1. The van der Waals surface area contributed by atoms with Crippen LogP contribution in [0.2, 0.25) is 0 Å². The lowest BCUT2D eigenvalue weighted by atomic mass is 10.2.